The molecule has 2 bridgehead atoms. The lowest BCUT2D eigenvalue weighted by Gasteiger charge is -2.52. The zero-order valence-electron chi connectivity index (χ0n) is 9.87. The summed E-state index contributed by atoms with van der Waals surface area (Å²) in [6.07, 6.45) is 6.97. The van der Waals surface area contributed by atoms with Crippen molar-refractivity contribution < 1.29 is 14.6 Å². The molecule has 90 valence electrons. The quantitative estimate of drug-likeness (QED) is 0.728. The van der Waals surface area contributed by atoms with Crippen LogP contribution in [0.1, 0.15) is 44.9 Å². The zero-order chi connectivity index (χ0) is 11.4. The number of carbonyl (C=O) groups excluding carboxylic acids is 1. The van der Waals surface area contributed by atoms with E-state index in [0.29, 0.717) is 11.8 Å². The van der Waals surface area contributed by atoms with Gasteiger partial charge < -0.3 is 9.84 Å². The summed E-state index contributed by atoms with van der Waals surface area (Å²) in [5.41, 5.74) is -1.30. The molecule has 0 amide bonds. The molecule has 3 nitrogen and oxygen atoms in total. The monoisotopic (exact) mass is 224 g/mol. The van der Waals surface area contributed by atoms with Crippen LogP contribution in [0.2, 0.25) is 0 Å². The Labute approximate surface area is 96.2 Å². The number of carbonyl (C=O) groups is 1. The van der Waals surface area contributed by atoms with E-state index in [0.717, 1.165) is 38.5 Å². The van der Waals surface area contributed by atoms with Crippen LogP contribution in [0, 0.1) is 17.3 Å². The number of hydrogen-bond acceptors (Lipinski definition) is 3. The van der Waals surface area contributed by atoms with Crippen LogP contribution < -0.4 is 0 Å². The van der Waals surface area contributed by atoms with E-state index in [2.05, 4.69) is 0 Å². The Bertz CT molecular complexity index is 321. The van der Waals surface area contributed by atoms with Gasteiger partial charge in [0, 0.05) is 0 Å². The van der Waals surface area contributed by atoms with Crippen molar-refractivity contribution >= 4 is 5.97 Å². The van der Waals surface area contributed by atoms with E-state index < -0.39 is 11.0 Å². The highest BCUT2D eigenvalue weighted by Crippen LogP contribution is 2.63. The van der Waals surface area contributed by atoms with E-state index in [-0.39, 0.29) is 5.97 Å². The van der Waals surface area contributed by atoms with Gasteiger partial charge in [0.1, 0.15) is 0 Å². The van der Waals surface area contributed by atoms with Crippen molar-refractivity contribution in [2.45, 2.75) is 50.5 Å². The van der Waals surface area contributed by atoms with E-state index in [1.807, 2.05) is 0 Å². The lowest BCUT2D eigenvalue weighted by atomic mass is 9.54. The van der Waals surface area contributed by atoms with E-state index in [4.69, 9.17) is 4.74 Å². The first-order chi connectivity index (χ1) is 7.62. The number of methoxy groups -OCH3 is 1. The summed E-state index contributed by atoms with van der Waals surface area (Å²) in [6, 6.07) is 0. The van der Waals surface area contributed by atoms with Crippen LogP contribution >= 0.6 is 0 Å². The normalized spacial score (nSPS) is 44.1. The van der Waals surface area contributed by atoms with Gasteiger partial charge in [0.2, 0.25) is 0 Å². The first-order valence-electron chi connectivity index (χ1n) is 6.43. The third kappa shape index (κ3) is 1.05. The maximum atomic E-state index is 12.0. The topological polar surface area (TPSA) is 46.5 Å². The molecule has 3 aliphatic carbocycles. The maximum absolute atomic E-state index is 12.0. The standard InChI is InChI=1S/C13H20O3/c1-16-11(14)12(5-2-6-12)13(15)8-9-3-4-10(13)7-9/h9-10,15H,2-8H2,1H3. The van der Waals surface area contributed by atoms with Gasteiger partial charge in [0.05, 0.1) is 18.1 Å². The second-order valence-corrected chi connectivity index (χ2v) is 5.93. The average molecular weight is 224 g/mol. The van der Waals surface area contributed by atoms with Crippen LogP contribution in [0.15, 0.2) is 0 Å². The second kappa shape index (κ2) is 3.22. The highest BCUT2D eigenvalue weighted by Gasteiger charge is 2.66. The molecule has 3 saturated carbocycles. The molecule has 0 saturated heterocycles. The molecule has 0 aromatic rings. The van der Waals surface area contributed by atoms with Crippen LogP contribution in [0.5, 0.6) is 0 Å². The molecule has 3 heteroatoms. The van der Waals surface area contributed by atoms with Crippen LogP contribution in [0.25, 0.3) is 0 Å². The molecule has 3 fully saturated rings. The molecule has 0 aliphatic heterocycles. The SMILES string of the molecule is COC(=O)C1(C2(O)CC3CCC2C3)CCC1. The summed E-state index contributed by atoms with van der Waals surface area (Å²) < 4.78 is 4.94. The van der Waals surface area contributed by atoms with Crippen LogP contribution in [0.3, 0.4) is 0 Å². The third-order valence-electron chi connectivity index (χ3n) is 5.43. The number of fused-ring (bicyclic) bond motifs is 2. The van der Waals surface area contributed by atoms with Crippen LogP contribution in [0.4, 0.5) is 0 Å². The van der Waals surface area contributed by atoms with Crippen molar-refractivity contribution in [2.24, 2.45) is 17.3 Å². The fraction of sp³-hybridized carbons (Fsp3) is 0.923. The fourth-order valence-electron chi connectivity index (χ4n) is 4.43. The molecular formula is C13H20O3. The van der Waals surface area contributed by atoms with E-state index in [1.165, 1.54) is 13.5 Å². The number of hydrogen-bond donors (Lipinski definition) is 1. The summed E-state index contributed by atoms with van der Waals surface area (Å²) in [5.74, 6) is 0.822. The number of ether oxygens (including phenoxy) is 1. The summed E-state index contributed by atoms with van der Waals surface area (Å²) in [7, 11) is 1.44. The molecule has 16 heavy (non-hydrogen) atoms. The van der Waals surface area contributed by atoms with Gasteiger partial charge in [0.25, 0.3) is 0 Å². The molecular weight excluding hydrogens is 204 g/mol. The Morgan fingerprint density at radius 2 is 2.12 bits per heavy atom. The van der Waals surface area contributed by atoms with Gasteiger partial charge in [-0.2, -0.15) is 0 Å². The van der Waals surface area contributed by atoms with Crippen LogP contribution in [-0.2, 0) is 9.53 Å². The molecule has 1 N–H and O–H groups in total. The predicted molar refractivity (Wildman–Crippen MR) is 58.7 cm³/mol. The predicted octanol–water partition coefficient (Wildman–Crippen LogP) is 1.88. The Morgan fingerprint density at radius 3 is 2.50 bits per heavy atom. The Morgan fingerprint density at radius 1 is 1.38 bits per heavy atom. The summed E-state index contributed by atoms with van der Waals surface area (Å²) in [5, 5.41) is 11.0. The van der Waals surface area contributed by atoms with Gasteiger partial charge in [-0.15, -0.1) is 0 Å². The third-order valence-corrected chi connectivity index (χ3v) is 5.43. The van der Waals surface area contributed by atoms with Crippen molar-refractivity contribution in [2.75, 3.05) is 7.11 Å². The molecule has 0 radical (unpaired) electrons. The largest absolute Gasteiger partial charge is 0.469 e. The van der Waals surface area contributed by atoms with Gasteiger partial charge in [0.15, 0.2) is 0 Å². The van der Waals surface area contributed by atoms with Crippen LogP contribution in [-0.4, -0.2) is 23.8 Å². The first-order valence-corrected chi connectivity index (χ1v) is 6.43. The second-order valence-electron chi connectivity index (χ2n) is 5.93. The zero-order valence-corrected chi connectivity index (χ0v) is 9.87. The highest BCUT2D eigenvalue weighted by atomic mass is 16.5. The first kappa shape index (κ1) is 10.6. The molecule has 3 unspecified atom stereocenters. The molecule has 0 spiro atoms. The summed E-state index contributed by atoms with van der Waals surface area (Å²) in [6.45, 7) is 0. The van der Waals surface area contributed by atoms with E-state index in [1.54, 1.807) is 0 Å². The molecule has 3 aliphatic rings. The average Bonchev–Trinajstić information content (AvgIpc) is 2.75. The number of esters is 1. The number of rotatable bonds is 2. The summed E-state index contributed by atoms with van der Waals surface area (Å²) >= 11 is 0. The minimum absolute atomic E-state index is 0.172. The van der Waals surface area contributed by atoms with Crippen molar-refractivity contribution in [3.8, 4) is 0 Å². The molecule has 0 aromatic heterocycles. The molecule has 3 atom stereocenters. The van der Waals surface area contributed by atoms with Crippen molar-refractivity contribution in [3.63, 3.8) is 0 Å². The van der Waals surface area contributed by atoms with Gasteiger partial charge in [-0.05, 0) is 50.4 Å². The smallest absolute Gasteiger partial charge is 0.314 e. The Balaban J connectivity index is 1.93. The minimum atomic E-state index is -0.749. The van der Waals surface area contributed by atoms with Gasteiger partial charge in [-0.1, -0.05) is 6.42 Å². The Kier molecular flexibility index (Phi) is 2.13. The lowest BCUT2D eigenvalue weighted by Crippen LogP contribution is -2.60. The van der Waals surface area contributed by atoms with Gasteiger partial charge in [-0.25, -0.2) is 0 Å². The number of aliphatic hydroxyl groups is 1. The van der Waals surface area contributed by atoms with Gasteiger partial charge >= 0.3 is 5.97 Å². The maximum Gasteiger partial charge on any atom is 0.314 e. The highest BCUT2D eigenvalue weighted by molar-refractivity contribution is 5.79. The molecule has 3 rings (SSSR count). The van der Waals surface area contributed by atoms with Gasteiger partial charge in [-0.3, -0.25) is 4.79 Å². The molecule has 0 aromatic carbocycles. The molecule has 0 heterocycles. The van der Waals surface area contributed by atoms with Crippen molar-refractivity contribution in [3.05, 3.63) is 0 Å². The van der Waals surface area contributed by atoms with Crippen molar-refractivity contribution in [1.29, 1.82) is 0 Å². The summed E-state index contributed by atoms with van der Waals surface area (Å²) in [4.78, 5) is 12.0. The van der Waals surface area contributed by atoms with E-state index >= 15 is 0 Å². The van der Waals surface area contributed by atoms with E-state index in [9.17, 15) is 9.90 Å². The fourth-order valence-corrected chi connectivity index (χ4v) is 4.43. The van der Waals surface area contributed by atoms with Crippen molar-refractivity contribution in [1.82, 2.24) is 0 Å². The lowest BCUT2D eigenvalue weighted by molar-refractivity contribution is -0.198. The minimum Gasteiger partial charge on any atom is -0.469 e. The Hall–Kier alpha value is -0.570.